The molecule has 1 heterocycles. The first-order valence-corrected chi connectivity index (χ1v) is 7.96. The highest BCUT2D eigenvalue weighted by Crippen LogP contribution is 2.50. The van der Waals surface area contributed by atoms with Crippen LogP contribution in [0.3, 0.4) is 0 Å². The van der Waals surface area contributed by atoms with Crippen LogP contribution in [0, 0.1) is 6.92 Å². The molecule has 2 aromatic rings. The number of benzene rings is 2. The summed E-state index contributed by atoms with van der Waals surface area (Å²) in [6.07, 6.45) is 1.73. The van der Waals surface area contributed by atoms with Gasteiger partial charge in [0.25, 0.3) is 0 Å². The molecule has 23 heavy (non-hydrogen) atoms. The molecule has 0 bridgehead atoms. The molecule has 2 aliphatic rings. The van der Waals surface area contributed by atoms with Crippen molar-refractivity contribution in [2.75, 3.05) is 18.5 Å². The van der Waals surface area contributed by atoms with Crippen molar-refractivity contribution >= 4 is 11.6 Å². The van der Waals surface area contributed by atoms with Crippen LogP contribution in [0.15, 0.2) is 42.5 Å². The van der Waals surface area contributed by atoms with E-state index < -0.39 is 5.41 Å². The Balaban J connectivity index is 1.59. The van der Waals surface area contributed by atoms with Gasteiger partial charge in [0.15, 0.2) is 11.5 Å². The number of carbonyl (C=O) groups excluding carboxylic acids is 1. The average molecular weight is 309 g/mol. The Bertz CT molecular complexity index is 765. The number of amides is 1. The third-order valence-electron chi connectivity index (χ3n) is 4.56. The molecule has 1 N–H and O–H groups in total. The molecule has 0 atom stereocenters. The van der Waals surface area contributed by atoms with Crippen LogP contribution < -0.4 is 14.8 Å². The summed E-state index contributed by atoms with van der Waals surface area (Å²) in [5.74, 6) is 1.55. The number of hydrogen-bond donors (Lipinski definition) is 1. The second-order valence-corrected chi connectivity index (χ2v) is 6.26. The van der Waals surface area contributed by atoms with Gasteiger partial charge in [-0.2, -0.15) is 0 Å². The molecule has 0 radical (unpaired) electrons. The smallest absolute Gasteiger partial charge is 0.235 e. The van der Waals surface area contributed by atoms with Crippen LogP contribution in [0.2, 0.25) is 0 Å². The second kappa shape index (κ2) is 5.30. The minimum Gasteiger partial charge on any atom is -0.486 e. The van der Waals surface area contributed by atoms with Crippen LogP contribution in [0.5, 0.6) is 11.5 Å². The highest BCUT2D eigenvalue weighted by molar-refractivity contribution is 6.01. The van der Waals surface area contributed by atoms with Crippen molar-refractivity contribution in [1.29, 1.82) is 0 Å². The third kappa shape index (κ3) is 2.54. The van der Waals surface area contributed by atoms with E-state index in [1.807, 2.05) is 49.4 Å². The zero-order valence-electron chi connectivity index (χ0n) is 13.1. The Kier molecular flexibility index (Phi) is 3.26. The van der Waals surface area contributed by atoms with E-state index in [4.69, 9.17) is 9.47 Å². The van der Waals surface area contributed by atoms with E-state index in [2.05, 4.69) is 5.32 Å². The van der Waals surface area contributed by atoms with E-state index in [9.17, 15) is 4.79 Å². The second-order valence-electron chi connectivity index (χ2n) is 6.26. The molecule has 0 saturated heterocycles. The zero-order chi connectivity index (χ0) is 15.9. The number of nitrogens with one attached hydrogen (secondary N) is 1. The average Bonchev–Trinajstić information content (AvgIpc) is 3.36. The number of rotatable bonds is 3. The molecule has 0 unspecified atom stereocenters. The van der Waals surface area contributed by atoms with E-state index in [-0.39, 0.29) is 5.91 Å². The fourth-order valence-electron chi connectivity index (χ4n) is 3.09. The predicted octanol–water partition coefficient (Wildman–Crippen LogP) is 3.44. The molecule has 0 aromatic heterocycles. The van der Waals surface area contributed by atoms with Crippen molar-refractivity contribution in [1.82, 2.24) is 0 Å². The van der Waals surface area contributed by atoms with Gasteiger partial charge in [-0.15, -0.1) is 0 Å². The molecular weight excluding hydrogens is 290 g/mol. The largest absolute Gasteiger partial charge is 0.486 e. The van der Waals surface area contributed by atoms with Crippen LogP contribution in [0.25, 0.3) is 0 Å². The Hall–Kier alpha value is -2.49. The normalized spacial score (nSPS) is 17.4. The van der Waals surface area contributed by atoms with Gasteiger partial charge in [0.1, 0.15) is 13.2 Å². The summed E-state index contributed by atoms with van der Waals surface area (Å²) in [5.41, 5.74) is 2.55. The molecule has 0 spiro atoms. The molecule has 1 amide bonds. The molecule has 4 heteroatoms. The standard InChI is InChI=1S/C19H19NO3/c1-13-3-2-4-15(11-13)20-18(21)19(7-8-19)14-5-6-16-17(12-14)23-10-9-22-16/h2-6,11-12H,7-10H2,1H3,(H,20,21). The number of fused-ring (bicyclic) bond motifs is 1. The zero-order valence-corrected chi connectivity index (χ0v) is 13.1. The lowest BCUT2D eigenvalue weighted by molar-refractivity contribution is -0.118. The van der Waals surface area contributed by atoms with Gasteiger partial charge in [0, 0.05) is 5.69 Å². The molecule has 1 fully saturated rings. The van der Waals surface area contributed by atoms with Gasteiger partial charge in [-0.05, 0) is 55.2 Å². The molecule has 4 rings (SSSR count). The number of hydrogen-bond acceptors (Lipinski definition) is 3. The van der Waals surface area contributed by atoms with E-state index in [0.29, 0.717) is 13.2 Å². The van der Waals surface area contributed by atoms with Crippen LogP contribution in [0.4, 0.5) is 5.69 Å². The molecule has 1 saturated carbocycles. The lowest BCUT2D eigenvalue weighted by atomic mass is 9.94. The van der Waals surface area contributed by atoms with Gasteiger partial charge >= 0.3 is 0 Å². The van der Waals surface area contributed by atoms with E-state index in [1.165, 1.54) is 0 Å². The van der Waals surface area contributed by atoms with Crippen molar-refractivity contribution < 1.29 is 14.3 Å². The minimum absolute atomic E-state index is 0.0553. The summed E-state index contributed by atoms with van der Waals surface area (Å²) in [4.78, 5) is 12.8. The SMILES string of the molecule is Cc1cccc(NC(=O)C2(c3ccc4c(c3)OCCO4)CC2)c1. The maximum absolute atomic E-state index is 12.8. The summed E-state index contributed by atoms with van der Waals surface area (Å²) in [7, 11) is 0. The van der Waals surface area contributed by atoms with E-state index in [0.717, 1.165) is 41.2 Å². The molecule has 1 aliphatic heterocycles. The van der Waals surface area contributed by atoms with Gasteiger partial charge < -0.3 is 14.8 Å². The van der Waals surface area contributed by atoms with Gasteiger partial charge in [-0.25, -0.2) is 0 Å². The first-order valence-electron chi connectivity index (χ1n) is 7.96. The first kappa shape index (κ1) is 14.1. The van der Waals surface area contributed by atoms with Crippen LogP contribution in [-0.2, 0) is 10.2 Å². The quantitative estimate of drug-likeness (QED) is 0.945. The van der Waals surface area contributed by atoms with Crippen molar-refractivity contribution in [3.63, 3.8) is 0 Å². The lowest BCUT2D eigenvalue weighted by Gasteiger charge is -2.21. The van der Waals surface area contributed by atoms with E-state index in [1.54, 1.807) is 0 Å². The lowest BCUT2D eigenvalue weighted by Crippen LogP contribution is -2.28. The number of carbonyl (C=O) groups is 1. The number of ether oxygens (including phenoxy) is 2. The fourth-order valence-corrected chi connectivity index (χ4v) is 3.09. The fraction of sp³-hybridized carbons (Fsp3) is 0.316. The highest BCUT2D eigenvalue weighted by atomic mass is 16.6. The van der Waals surface area contributed by atoms with Gasteiger partial charge in [-0.3, -0.25) is 4.79 Å². The monoisotopic (exact) mass is 309 g/mol. The maximum atomic E-state index is 12.8. The van der Waals surface area contributed by atoms with Crippen molar-refractivity contribution in [3.05, 3.63) is 53.6 Å². The molecular formula is C19H19NO3. The molecule has 1 aliphatic carbocycles. The van der Waals surface area contributed by atoms with Crippen LogP contribution >= 0.6 is 0 Å². The number of anilines is 1. The van der Waals surface area contributed by atoms with Crippen LogP contribution in [-0.4, -0.2) is 19.1 Å². The topological polar surface area (TPSA) is 47.6 Å². The van der Waals surface area contributed by atoms with Gasteiger partial charge in [0.05, 0.1) is 5.41 Å². The predicted molar refractivity (Wildman–Crippen MR) is 88.2 cm³/mol. The summed E-state index contributed by atoms with van der Waals surface area (Å²) in [5, 5.41) is 3.05. The first-order chi connectivity index (χ1) is 11.2. The molecule has 118 valence electrons. The molecule has 4 nitrogen and oxygen atoms in total. The highest BCUT2D eigenvalue weighted by Gasteiger charge is 2.51. The summed E-state index contributed by atoms with van der Waals surface area (Å²) in [6, 6.07) is 13.7. The van der Waals surface area contributed by atoms with Gasteiger partial charge in [-0.1, -0.05) is 18.2 Å². The summed E-state index contributed by atoms with van der Waals surface area (Å²) >= 11 is 0. The maximum Gasteiger partial charge on any atom is 0.235 e. The minimum atomic E-state index is -0.431. The van der Waals surface area contributed by atoms with Gasteiger partial charge in [0.2, 0.25) is 5.91 Å². The summed E-state index contributed by atoms with van der Waals surface area (Å²) in [6.45, 7) is 3.15. The number of aryl methyl sites for hydroxylation is 1. The van der Waals surface area contributed by atoms with E-state index >= 15 is 0 Å². The molecule has 2 aromatic carbocycles. The Morgan fingerprint density at radius 2 is 1.83 bits per heavy atom. The Morgan fingerprint density at radius 1 is 1.04 bits per heavy atom. The third-order valence-corrected chi connectivity index (χ3v) is 4.56. The Labute approximate surface area is 135 Å². The van der Waals surface area contributed by atoms with Crippen molar-refractivity contribution in [2.45, 2.75) is 25.2 Å². The Morgan fingerprint density at radius 3 is 2.57 bits per heavy atom. The van der Waals surface area contributed by atoms with Crippen LogP contribution in [0.1, 0.15) is 24.0 Å². The summed E-state index contributed by atoms with van der Waals surface area (Å²) < 4.78 is 11.2. The van der Waals surface area contributed by atoms with Crippen molar-refractivity contribution in [2.24, 2.45) is 0 Å². The van der Waals surface area contributed by atoms with Crippen molar-refractivity contribution in [3.8, 4) is 11.5 Å².